The van der Waals surface area contributed by atoms with Gasteiger partial charge in [0.1, 0.15) is 0 Å². The van der Waals surface area contributed by atoms with E-state index in [-0.39, 0.29) is 11.1 Å². The van der Waals surface area contributed by atoms with E-state index in [2.05, 4.69) is 30.7 Å². The summed E-state index contributed by atoms with van der Waals surface area (Å²) in [6.45, 7) is 6.40. The Morgan fingerprint density at radius 2 is 1.85 bits per heavy atom. The van der Waals surface area contributed by atoms with E-state index in [1.165, 1.54) is 0 Å². The molecule has 1 N–H and O–H groups in total. The van der Waals surface area contributed by atoms with Crippen LogP contribution in [-0.4, -0.2) is 14.5 Å². The highest BCUT2D eigenvalue weighted by Crippen LogP contribution is 2.24. The first-order chi connectivity index (χ1) is 9.47. The number of fused-ring (bicyclic) bond motifs is 1. The van der Waals surface area contributed by atoms with E-state index in [4.69, 9.17) is 0 Å². The molecule has 0 unspecified atom stereocenters. The fourth-order valence-electron chi connectivity index (χ4n) is 2.23. The Balaban J connectivity index is 2.32. The smallest absolute Gasteiger partial charge is 0.290 e. The van der Waals surface area contributed by atoms with E-state index in [1.807, 2.05) is 42.6 Å². The van der Waals surface area contributed by atoms with E-state index in [9.17, 15) is 4.79 Å². The highest BCUT2D eigenvalue weighted by atomic mass is 16.1. The Bertz CT molecular complexity index is 807. The Morgan fingerprint density at radius 3 is 2.50 bits per heavy atom. The summed E-state index contributed by atoms with van der Waals surface area (Å²) in [4.78, 5) is 19.3. The van der Waals surface area contributed by atoms with Crippen LogP contribution >= 0.6 is 0 Å². The molecule has 2 aromatic heterocycles. The molecule has 0 aliphatic carbocycles. The summed E-state index contributed by atoms with van der Waals surface area (Å²) >= 11 is 0. The molecule has 0 atom stereocenters. The lowest BCUT2D eigenvalue weighted by atomic mass is 9.88. The molecule has 2 heterocycles. The maximum atomic E-state index is 12.2. The van der Waals surface area contributed by atoms with Crippen molar-refractivity contribution in [3.8, 4) is 5.69 Å². The van der Waals surface area contributed by atoms with Gasteiger partial charge in [-0.15, -0.1) is 0 Å². The Labute approximate surface area is 117 Å². The van der Waals surface area contributed by atoms with Crippen LogP contribution in [0.1, 0.15) is 26.3 Å². The molecular weight excluding hydrogens is 250 g/mol. The lowest BCUT2D eigenvalue weighted by Crippen LogP contribution is -2.15. The lowest BCUT2D eigenvalue weighted by Gasteiger charge is -2.18. The number of hydrogen-bond acceptors (Lipinski definition) is 2. The first-order valence-electron chi connectivity index (χ1n) is 6.63. The molecule has 20 heavy (non-hydrogen) atoms. The maximum absolute atomic E-state index is 12.2. The minimum absolute atomic E-state index is 0.00394. The zero-order valence-corrected chi connectivity index (χ0v) is 11.8. The third kappa shape index (κ3) is 2.03. The van der Waals surface area contributed by atoms with Gasteiger partial charge in [0.05, 0.1) is 11.2 Å². The number of hydrogen-bond donors (Lipinski definition) is 1. The van der Waals surface area contributed by atoms with Crippen LogP contribution in [0.25, 0.3) is 16.9 Å². The second kappa shape index (κ2) is 4.34. The number of H-pyrrole nitrogens is 1. The number of nitrogens with zero attached hydrogens (tertiary/aromatic N) is 2. The summed E-state index contributed by atoms with van der Waals surface area (Å²) in [7, 11) is 0. The van der Waals surface area contributed by atoms with Crippen molar-refractivity contribution in [1.82, 2.24) is 14.5 Å². The summed E-state index contributed by atoms with van der Waals surface area (Å²) in [6, 6.07) is 11.6. The van der Waals surface area contributed by atoms with E-state index >= 15 is 0 Å². The fraction of sp³-hybridized carbons (Fsp3) is 0.250. The van der Waals surface area contributed by atoms with E-state index in [0.717, 1.165) is 16.8 Å². The Morgan fingerprint density at radius 1 is 1.15 bits per heavy atom. The van der Waals surface area contributed by atoms with Gasteiger partial charge in [-0.05, 0) is 29.2 Å². The summed E-state index contributed by atoms with van der Waals surface area (Å²) in [6.07, 6.45) is 1.83. The van der Waals surface area contributed by atoms with Crippen LogP contribution in [0.5, 0.6) is 0 Å². The van der Waals surface area contributed by atoms with Crippen LogP contribution in [0.2, 0.25) is 0 Å². The monoisotopic (exact) mass is 267 g/mol. The van der Waals surface area contributed by atoms with Gasteiger partial charge in [0, 0.05) is 6.20 Å². The second-order valence-corrected chi connectivity index (χ2v) is 5.94. The van der Waals surface area contributed by atoms with E-state index in [0.29, 0.717) is 5.65 Å². The van der Waals surface area contributed by atoms with Gasteiger partial charge in [-0.1, -0.05) is 39.0 Å². The van der Waals surface area contributed by atoms with Crippen LogP contribution in [0.3, 0.4) is 0 Å². The number of nitrogens with one attached hydrogen (secondary N) is 1. The molecule has 0 fully saturated rings. The molecule has 4 nitrogen and oxygen atoms in total. The third-order valence-electron chi connectivity index (χ3n) is 3.42. The number of benzene rings is 1. The van der Waals surface area contributed by atoms with Gasteiger partial charge < -0.3 is 0 Å². The fourth-order valence-corrected chi connectivity index (χ4v) is 2.23. The molecule has 0 radical (unpaired) electrons. The zero-order valence-electron chi connectivity index (χ0n) is 11.8. The van der Waals surface area contributed by atoms with Crippen molar-refractivity contribution in [2.24, 2.45) is 0 Å². The molecule has 0 aliphatic heterocycles. The van der Waals surface area contributed by atoms with Crippen molar-refractivity contribution in [3.63, 3.8) is 0 Å². The zero-order chi connectivity index (χ0) is 14.3. The van der Waals surface area contributed by atoms with Gasteiger partial charge in [0.2, 0.25) is 0 Å². The van der Waals surface area contributed by atoms with Crippen molar-refractivity contribution in [2.45, 2.75) is 26.2 Å². The van der Waals surface area contributed by atoms with Gasteiger partial charge >= 0.3 is 5.69 Å². The number of imidazole rings is 1. The molecule has 1 aromatic carbocycles. The normalized spacial score (nSPS) is 11.9. The topological polar surface area (TPSA) is 50.7 Å². The first kappa shape index (κ1) is 12.7. The average molecular weight is 267 g/mol. The van der Waals surface area contributed by atoms with Crippen LogP contribution in [0.15, 0.2) is 47.4 Å². The summed E-state index contributed by atoms with van der Waals surface area (Å²) in [5.74, 6) is 0. The molecule has 0 saturated heterocycles. The SMILES string of the molecule is CC(C)(C)c1cnc2[nH]c(=O)n(-c3ccccc3)c2c1. The van der Waals surface area contributed by atoms with E-state index < -0.39 is 0 Å². The number of para-hydroxylation sites is 1. The van der Waals surface area contributed by atoms with Crippen molar-refractivity contribution in [2.75, 3.05) is 0 Å². The second-order valence-electron chi connectivity index (χ2n) is 5.94. The van der Waals surface area contributed by atoms with Crippen LogP contribution < -0.4 is 5.69 Å². The molecule has 102 valence electrons. The summed E-state index contributed by atoms with van der Waals surface area (Å²) in [5.41, 5.74) is 3.21. The standard InChI is InChI=1S/C16H17N3O/c1-16(2,3)11-9-13-14(17-10-11)18-15(20)19(13)12-7-5-4-6-8-12/h4-10H,1-3H3,(H,17,18,20). The Hall–Kier alpha value is -2.36. The largest absolute Gasteiger partial charge is 0.332 e. The molecule has 0 saturated carbocycles. The maximum Gasteiger partial charge on any atom is 0.332 e. The number of pyridine rings is 1. The highest BCUT2D eigenvalue weighted by Gasteiger charge is 2.17. The predicted octanol–water partition coefficient (Wildman–Crippen LogP) is 3.01. The van der Waals surface area contributed by atoms with Crippen molar-refractivity contribution >= 4 is 11.2 Å². The Kier molecular flexibility index (Phi) is 2.74. The first-order valence-corrected chi connectivity index (χ1v) is 6.63. The minimum atomic E-state index is -0.162. The molecule has 0 aliphatic rings. The van der Waals surface area contributed by atoms with Gasteiger partial charge in [0.15, 0.2) is 5.65 Å². The van der Waals surface area contributed by atoms with Crippen molar-refractivity contribution < 1.29 is 0 Å². The number of aromatic nitrogens is 3. The van der Waals surface area contributed by atoms with Crippen LogP contribution in [-0.2, 0) is 5.41 Å². The summed E-state index contributed by atoms with van der Waals surface area (Å²) in [5, 5.41) is 0. The van der Waals surface area contributed by atoms with Crippen molar-refractivity contribution in [3.05, 3.63) is 58.6 Å². The van der Waals surface area contributed by atoms with E-state index in [1.54, 1.807) is 4.57 Å². The molecule has 0 bridgehead atoms. The predicted molar refractivity (Wildman–Crippen MR) is 80.4 cm³/mol. The average Bonchev–Trinajstić information content (AvgIpc) is 2.73. The summed E-state index contributed by atoms with van der Waals surface area (Å²) < 4.78 is 1.66. The van der Waals surface area contributed by atoms with Gasteiger partial charge in [-0.2, -0.15) is 0 Å². The highest BCUT2D eigenvalue weighted by molar-refractivity contribution is 5.74. The van der Waals surface area contributed by atoms with Crippen molar-refractivity contribution in [1.29, 1.82) is 0 Å². The molecule has 3 rings (SSSR count). The molecule has 0 amide bonds. The molecule has 0 spiro atoms. The van der Waals surface area contributed by atoms with Gasteiger partial charge in [0.25, 0.3) is 0 Å². The van der Waals surface area contributed by atoms with Crippen LogP contribution in [0.4, 0.5) is 0 Å². The van der Waals surface area contributed by atoms with Crippen LogP contribution in [0, 0.1) is 0 Å². The third-order valence-corrected chi connectivity index (χ3v) is 3.42. The van der Waals surface area contributed by atoms with Gasteiger partial charge in [-0.25, -0.2) is 9.78 Å². The molecular formula is C16H17N3O. The molecule has 4 heteroatoms. The quantitative estimate of drug-likeness (QED) is 0.736. The number of aromatic amines is 1. The minimum Gasteiger partial charge on any atom is -0.290 e. The molecule has 3 aromatic rings. The lowest BCUT2D eigenvalue weighted by molar-refractivity contribution is 0.588. The van der Waals surface area contributed by atoms with Gasteiger partial charge in [-0.3, -0.25) is 9.55 Å². The number of rotatable bonds is 1.